The zero-order valence-corrected chi connectivity index (χ0v) is 9.83. The van der Waals surface area contributed by atoms with Gasteiger partial charge in [-0.05, 0) is 31.5 Å². The van der Waals surface area contributed by atoms with Gasteiger partial charge in [-0.25, -0.2) is 13.1 Å². The number of hydrogen-bond acceptors (Lipinski definition) is 3. The highest BCUT2D eigenvalue weighted by molar-refractivity contribution is 7.89. The predicted molar refractivity (Wildman–Crippen MR) is 62.7 cm³/mol. The van der Waals surface area contributed by atoms with E-state index in [4.69, 9.17) is 0 Å². The highest BCUT2D eigenvalue weighted by atomic mass is 32.2. The van der Waals surface area contributed by atoms with E-state index in [1.54, 1.807) is 30.3 Å². The molecule has 1 aliphatic rings. The van der Waals surface area contributed by atoms with Crippen LogP contribution >= 0.6 is 0 Å². The molecule has 0 spiro atoms. The van der Waals surface area contributed by atoms with Crippen LogP contribution in [0.25, 0.3) is 0 Å². The van der Waals surface area contributed by atoms with E-state index < -0.39 is 10.0 Å². The minimum atomic E-state index is -3.34. The summed E-state index contributed by atoms with van der Waals surface area (Å²) in [5.41, 5.74) is 0. The number of nitrogens with one attached hydrogen (secondary N) is 2. The molecule has 0 radical (unpaired) electrons. The van der Waals surface area contributed by atoms with Gasteiger partial charge in [-0.1, -0.05) is 18.2 Å². The molecule has 0 saturated carbocycles. The second kappa shape index (κ2) is 4.95. The Bertz CT molecular complexity index is 425. The molecule has 1 fully saturated rings. The smallest absolute Gasteiger partial charge is 0.240 e. The Labute approximate surface area is 96.1 Å². The van der Waals surface area contributed by atoms with E-state index >= 15 is 0 Å². The Balaban J connectivity index is 1.98. The van der Waals surface area contributed by atoms with Crippen molar-refractivity contribution >= 4 is 10.0 Å². The van der Waals surface area contributed by atoms with Crippen molar-refractivity contribution in [1.29, 1.82) is 0 Å². The van der Waals surface area contributed by atoms with Crippen LogP contribution in [0.15, 0.2) is 35.2 Å². The van der Waals surface area contributed by atoms with Crippen molar-refractivity contribution in [3.05, 3.63) is 30.3 Å². The molecule has 16 heavy (non-hydrogen) atoms. The quantitative estimate of drug-likeness (QED) is 0.815. The molecular weight excluding hydrogens is 224 g/mol. The van der Waals surface area contributed by atoms with Crippen LogP contribution in [0.5, 0.6) is 0 Å². The fourth-order valence-corrected chi connectivity index (χ4v) is 2.93. The van der Waals surface area contributed by atoms with E-state index in [1.165, 1.54) is 0 Å². The van der Waals surface area contributed by atoms with Gasteiger partial charge in [0.1, 0.15) is 0 Å². The second-order valence-electron chi connectivity index (χ2n) is 3.96. The first-order chi connectivity index (χ1) is 7.68. The largest absolute Gasteiger partial charge is 0.313 e. The minimum Gasteiger partial charge on any atom is -0.313 e. The molecule has 0 bridgehead atoms. The van der Waals surface area contributed by atoms with Gasteiger partial charge in [0.25, 0.3) is 0 Å². The molecular formula is C11H16N2O2S. The van der Waals surface area contributed by atoms with Crippen molar-refractivity contribution in [1.82, 2.24) is 10.0 Å². The molecule has 1 saturated heterocycles. The van der Waals surface area contributed by atoms with Gasteiger partial charge >= 0.3 is 0 Å². The lowest BCUT2D eigenvalue weighted by Gasteiger charge is -2.11. The van der Waals surface area contributed by atoms with Gasteiger partial charge in [-0.15, -0.1) is 0 Å². The fourth-order valence-electron chi connectivity index (χ4n) is 1.82. The number of hydrogen-bond donors (Lipinski definition) is 2. The zero-order chi connectivity index (χ0) is 11.4. The number of rotatable bonds is 4. The number of benzene rings is 1. The molecule has 1 unspecified atom stereocenters. The average Bonchev–Trinajstić information content (AvgIpc) is 2.81. The van der Waals surface area contributed by atoms with E-state index in [9.17, 15) is 8.42 Å². The Morgan fingerprint density at radius 2 is 2.06 bits per heavy atom. The van der Waals surface area contributed by atoms with Gasteiger partial charge in [-0.3, -0.25) is 0 Å². The van der Waals surface area contributed by atoms with Crippen LogP contribution in [0, 0.1) is 0 Å². The number of sulfonamides is 1. The van der Waals surface area contributed by atoms with Crippen LogP contribution < -0.4 is 10.0 Å². The Morgan fingerprint density at radius 3 is 2.69 bits per heavy atom. The second-order valence-corrected chi connectivity index (χ2v) is 5.73. The van der Waals surface area contributed by atoms with Crippen molar-refractivity contribution in [2.24, 2.45) is 0 Å². The topological polar surface area (TPSA) is 58.2 Å². The maximum atomic E-state index is 11.8. The molecule has 0 aliphatic carbocycles. The SMILES string of the molecule is O=S(=O)(NCC1CCCN1)c1ccccc1. The minimum absolute atomic E-state index is 0.276. The van der Waals surface area contributed by atoms with Crippen molar-refractivity contribution in [2.75, 3.05) is 13.1 Å². The van der Waals surface area contributed by atoms with E-state index in [0.29, 0.717) is 11.4 Å². The van der Waals surface area contributed by atoms with Crippen molar-refractivity contribution < 1.29 is 8.42 Å². The van der Waals surface area contributed by atoms with Gasteiger partial charge < -0.3 is 5.32 Å². The van der Waals surface area contributed by atoms with Crippen LogP contribution in [0.1, 0.15) is 12.8 Å². The van der Waals surface area contributed by atoms with Crippen LogP contribution in [0.4, 0.5) is 0 Å². The Hall–Kier alpha value is -0.910. The third-order valence-corrected chi connectivity index (χ3v) is 4.18. The van der Waals surface area contributed by atoms with Crippen LogP contribution in [0.2, 0.25) is 0 Å². The fraction of sp³-hybridized carbons (Fsp3) is 0.455. The van der Waals surface area contributed by atoms with Crippen molar-refractivity contribution in [3.8, 4) is 0 Å². The lowest BCUT2D eigenvalue weighted by Crippen LogP contribution is -2.37. The first-order valence-corrected chi connectivity index (χ1v) is 6.95. The molecule has 1 aliphatic heterocycles. The van der Waals surface area contributed by atoms with Crippen LogP contribution in [-0.4, -0.2) is 27.5 Å². The van der Waals surface area contributed by atoms with E-state index in [0.717, 1.165) is 19.4 Å². The molecule has 2 N–H and O–H groups in total. The maximum Gasteiger partial charge on any atom is 0.240 e. The van der Waals surface area contributed by atoms with E-state index in [2.05, 4.69) is 10.0 Å². The van der Waals surface area contributed by atoms with E-state index in [1.807, 2.05) is 0 Å². The standard InChI is InChI=1S/C11H16N2O2S/c14-16(15,11-6-2-1-3-7-11)13-9-10-5-4-8-12-10/h1-3,6-7,10,12-13H,4-5,8-9H2. The summed E-state index contributed by atoms with van der Waals surface area (Å²) in [6.45, 7) is 1.45. The Kier molecular flexibility index (Phi) is 3.58. The molecule has 0 aromatic heterocycles. The molecule has 1 aromatic rings. The summed E-state index contributed by atoms with van der Waals surface area (Å²) in [4.78, 5) is 0.327. The van der Waals surface area contributed by atoms with Crippen LogP contribution in [0.3, 0.4) is 0 Å². The van der Waals surface area contributed by atoms with Crippen molar-refractivity contribution in [2.45, 2.75) is 23.8 Å². The van der Waals surface area contributed by atoms with Crippen LogP contribution in [-0.2, 0) is 10.0 Å². The molecule has 88 valence electrons. The normalized spacial score (nSPS) is 21.1. The molecule has 2 rings (SSSR count). The van der Waals surface area contributed by atoms with E-state index in [-0.39, 0.29) is 6.04 Å². The third kappa shape index (κ3) is 2.81. The van der Waals surface area contributed by atoms with Gasteiger partial charge in [0.05, 0.1) is 4.90 Å². The average molecular weight is 240 g/mol. The zero-order valence-electron chi connectivity index (χ0n) is 9.02. The summed E-state index contributed by atoms with van der Waals surface area (Å²) in [5, 5.41) is 3.25. The summed E-state index contributed by atoms with van der Waals surface area (Å²) in [5.74, 6) is 0. The van der Waals surface area contributed by atoms with Gasteiger partial charge in [0.2, 0.25) is 10.0 Å². The highest BCUT2D eigenvalue weighted by Gasteiger charge is 2.18. The predicted octanol–water partition coefficient (Wildman–Crippen LogP) is 0.717. The molecule has 1 heterocycles. The summed E-state index contributed by atoms with van der Waals surface area (Å²) < 4.78 is 26.3. The molecule has 1 aromatic carbocycles. The maximum absolute atomic E-state index is 11.8. The summed E-state index contributed by atoms with van der Waals surface area (Å²) in [6.07, 6.45) is 2.16. The molecule has 5 heteroatoms. The summed E-state index contributed by atoms with van der Waals surface area (Å²) in [6, 6.07) is 8.73. The lowest BCUT2D eigenvalue weighted by atomic mass is 10.2. The molecule has 1 atom stereocenters. The Morgan fingerprint density at radius 1 is 1.31 bits per heavy atom. The van der Waals surface area contributed by atoms with Gasteiger partial charge in [0.15, 0.2) is 0 Å². The first-order valence-electron chi connectivity index (χ1n) is 5.46. The third-order valence-electron chi connectivity index (χ3n) is 2.74. The monoisotopic (exact) mass is 240 g/mol. The lowest BCUT2D eigenvalue weighted by molar-refractivity contribution is 0.552. The van der Waals surface area contributed by atoms with Gasteiger partial charge in [0, 0.05) is 12.6 Å². The highest BCUT2D eigenvalue weighted by Crippen LogP contribution is 2.08. The summed E-state index contributed by atoms with van der Waals surface area (Å²) >= 11 is 0. The summed E-state index contributed by atoms with van der Waals surface area (Å²) in [7, 11) is -3.34. The first kappa shape index (κ1) is 11.6. The molecule has 4 nitrogen and oxygen atoms in total. The molecule has 0 amide bonds. The van der Waals surface area contributed by atoms with Crippen molar-refractivity contribution in [3.63, 3.8) is 0 Å². The van der Waals surface area contributed by atoms with Gasteiger partial charge in [-0.2, -0.15) is 0 Å².